The maximum Gasteiger partial charge on any atom is 0.322 e. The van der Waals surface area contributed by atoms with Crippen LogP contribution in [0.4, 0.5) is 10.5 Å². The van der Waals surface area contributed by atoms with Crippen molar-refractivity contribution in [3.05, 3.63) is 11.5 Å². The van der Waals surface area contributed by atoms with Gasteiger partial charge in [0.25, 0.3) is 0 Å². The first-order valence-electron chi connectivity index (χ1n) is 8.65. The molecule has 2 amide bonds. The summed E-state index contributed by atoms with van der Waals surface area (Å²) in [5.74, 6) is 1.26. The lowest BCUT2D eigenvalue weighted by molar-refractivity contribution is 0.0540. The smallest absolute Gasteiger partial charge is 0.322 e. The van der Waals surface area contributed by atoms with Crippen molar-refractivity contribution in [1.29, 1.82) is 0 Å². The average molecular weight is 321 g/mol. The van der Waals surface area contributed by atoms with E-state index in [9.17, 15) is 4.79 Å². The number of nitrogens with one attached hydrogen (secondary N) is 1. The second-order valence-electron chi connectivity index (χ2n) is 6.87. The number of hydrogen-bond acceptors (Lipinski definition) is 4. The molecule has 2 heterocycles. The van der Waals surface area contributed by atoms with Gasteiger partial charge in [-0.15, -0.1) is 0 Å². The van der Waals surface area contributed by atoms with E-state index >= 15 is 0 Å². The highest BCUT2D eigenvalue weighted by atomic mass is 16.5. The molecule has 0 radical (unpaired) electrons. The van der Waals surface area contributed by atoms with Gasteiger partial charge in [0.15, 0.2) is 5.76 Å². The molecule has 1 N–H and O–H groups in total. The summed E-state index contributed by atoms with van der Waals surface area (Å²) in [5.41, 5.74) is 1.35. The summed E-state index contributed by atoms with van der Waals surface area (Å²) >= 11 is 0. The van der Waals surface area contributed by atoms with Crippen LogP contribution in [-0.2, 0) is 4.74 Å². The van der Waals surface area contributed by atoms with Crippen LogP contribution in [0.5, 0.6) is 0 Å². The van der Waals surface area contributed by atoms with Gasteiger partial charge in [-0.2, -0.15) is 0 Å². The predicted octanol–water partition coefficient (Wildman–Crippen LogP) is 3.67. The number of ether oxygens (including phenoxy) is 1. The van der Waals surface area contributed by atoms with E-state index in [0.29, 0.717) is 12.5 Å². The van der Waals surface area contributed by atoms with Crippen LogP contribution < -0.4 is 5.32 Å². The topological polar surface area (TPSA) is 67.6 Å². The lowest BCUT2D eigenvalue weighted by Crippen LogP contribution is -2.52. The van der Waals surface area contributed by atoms with Crippen LogP contribution in [0.25, 0.3) is 0 Å². The van der Waals surface area contributed by atoms with Gasteiger partial charge in [0.05, 0.1) is 12.1 Å². The van der Waals surface area contributed by atoms with Gasteiger partial charge in [0.2, 0.25) is 0 Å². The number of rotatable bonds is 6. The monoisotopic (exact) mass is 321 g/mol. The fraction of sp³-hybridized carbons (Fsp3) is 0.765. The molecule has 2 aliphatic rings. The first-order chi connectivity index (χ1) is 11.1. The minimum absolute atomic E-state index is 0.0544. The molecule has 1 aliphatic carbocycles. The molecule has 1 aromatic heterocycles. The largest absolute Gasteiger partial charge is 0.382 e. The van der Waals surface area contributed by atoms with Crippen LogP contribution in [0.15, 0.2) is 4.52 Å². The Hall–Kier alpha value is -1.56. The van der Waals surface area contributed by atoms with E-state index in [1.165, 1.54) is 0 Å². The van der Waals surface area contributed by atoms with E-state index in [1.54, 1.807) is 7.11 Å². The molecule has 0 spiro atoms. The van der Waals surface area contributed by atoms with E-state index in [4.69, 9.17) is 9.26 Å². The number of aromatic nitrogens is 1. The minimum atomic E-state index is -0.182. The van der Waals surface area contributed by atoms with Gasteiger partial charge in [-0.25, -0.2) is 4.79 Å². The standard InChI is InChI=1S/C17H27N3O3/c1-4-8-17(11-22-3)9-5-10-20(17)16(21)18-14-12(2)19-23-15(14)13-6-7-13/h13H,4-11H2,1-3H3,(H,18,21). The normalized spacial score (nSPS) is 24.2. The number of aryl methyl sites for hydroxylation is 1. The second-order valence-corrected chi connectivity index (χ2v) is 6.87. The van der Waals surface area contributed by atoms with Crippen LogP contribution in [-0.4, -0.2) is 41.9 Å². The Balaban J connectivity index is 1.78. The number of methoxy groups -OCH3 is 1. The zero-order chi connectivity index (χ0) is 16.4. The Labute approximate surface area is 137 Å². The molecule has 6 nitrogen and oxygen atoms in total. The molecule has 1 aromatic rings. The van der Waals surface area contributed by atoms with Crippen molar-refractivity contribution >= 4 is 11.7 Å². The Morgan fingerprint density at radius 1 is 1.52 bits per heavy atom. The first kappa shape index (κ1) is 16.3. The fourth-order valence-electron chi connectivity index (χ4n) is 3.81. The molecule has 0 aromatic carbocycles. The molecular formula is C17H27N3O3. The van der Waals surface area contributed by atoms with Crippen molar-refractivity contribution in [1.82, 2.24) is 10.1 Å². The van der Waals surface area contributed by atoms with Gasteiger partial charge in [0, 0.05) is 19.6 Å². The lowest BCUT2D eigenvalue weighted by Gasteiger charge is -2.38. The van der Waals surface area contributed by atoms with Crippen molar-refractivity contribution in [2.24, 2.45) is 0 Å². The highest BCUT2D eigenvalue weighted by Crippen LogP contribution is 2.44. The van der Waals surface area contributed by atoms with Crippen LogP contribution in [0, 0.1) is 6.92 Å². The zero-order valence-electron chi connectivity index (χ0n) is 14.4. The Morgan fingerprint density at radius 3 is 2.96 bits per heavy atom. The maximum atomic E-state index is 12.9. The van der Waals surface area contributed by atoms with Crippen molar-refractivity contribution in [3.63, 3.8) is 0 Å². The summed E-state index contributed by atoms with van der Waals surface area (Å²) < 4.78 is 10.9. The van der Waals surface area contributed by atoms with E-state index in [2.05, 4.69) is 17.4 Å². The van der Waals surface area contributed by atoms with Gasteiger partial charge in [-0.3, -0.25) is 0 Å². The number of carbonyl (C=O) groups is 1. The molecule has 3 rings (SSSR count). The Bertz CT molecular complexity index is 559. The predicted molar refractivity (Wildman–Crippen MR) is 87.7 cm³/mol. The van der Waals surface area contributed by atoms with Gasteiger partial charge >= 0.3 is 6.03 Å². The maximum absolute atomic E-state index is 12.9. The molecule has 2 fully saturated rings. The number of nitrogens with zero attached hydrogens (tertiary/aromatic N) is 2. The quantitative estimate of drug-likeness (QED) is 0.868. The fourth-order valence-corrected chi connectivity index (χ4v) is 3.81. The lowest BCUT2D eigenvalue weighted by atomic mass is 9.91. The average Bonchev–Trinajstić information content (AvgIpc) is 3.19. The van der Waals surface area contributed by atoms with Gasteiger partial charge in [0.1, 0.15) is 11.4 Å². The molecule has 128 valence electrons. The van der Waals surface area contributed by atoms with Gasteiger partial charge in [-0.05, 0) is 39.0 Å². The number of amides is 2. The summed E-state index contributed by atoms with van der Waals surface area (Å²) in [4.78, 5) is 14.9. The Morgan fingerprint density at radius 2 is 2.30 bits per heavy atom. The molecule has 1 saturated heterocycles. The number of likely N-dealkylation sites (tertiary alicyclic amines) is 1. The highest BCUT2D eigenvalue weighted by molar-refractivity contribution is 5.91. The Kier molecular flexibility index (Phi) is 4.62. The van der Waals surface area contributed by atoms with Crippen molar-refractivity contribution in [3.8, 4) is 0 Å². The summed E-state index contributed by atoms with van der Waals surface area (Å²) in [6, 6.07) is -0.0544. The first-order valence-corrected chi connectivity index (χ1v) is 8.65. The van der Waals surface area contributed by atoms with Gasteiger partial charge < -0.3 is 19.5 Å². The SMILES string of the molecule is CCCC1(COC)CCCN1C(=O)Nc1c(C)noc1C1CC1. The summed E-state index contributed by atoms with van der Waals surface area (Å²) in [6.45, 7) is 5.40. The molecule has 23 heavy (non-hydrogen) atoms. The number of hydrogen-bond donors (Lipinski definition) is 1. The van der Waals surface area contributed by atoms with E-state index in [1.807, 2.05) is 11.8 Å². The highest BCUT2D eigenvalue weighted by Gasteiger charge is 2.43. The molecule has 1 atom stereocenters. The van der Waals surface area contributed by atoms with Crippen molar-refractivity contribution in [2.45, 2.75) is 63.8 Å². The molecule has 0 bridgehead atoms. The van der Waals surface area contributed by atoms with Crippen LogP contribution >= 0.6 is 0 Å². The van der Waals surface area contributed by atoms with Crippen LogP contribution in [0.3, 0.4) is 0 Å². The molecular weight excluding hydrogens is 294 g/mol. The van der Waals surface area contributed by atoms with Crippen molar-refractivity contribution < 1.29 is 14.1 Å². The minimum Gasteiger partial charge on any atom is -0.382 e. The third-order valence-electron chi connectivity index (χ3n) is 5.04. The van der Waals surface area contributed by atoms with Crippen LogP contribution in [0.2, 0.25) is 0 Å². The third kappa shape index (κ3) is 3.09. The van der Waals surface area contributed by atoms with E-state index in [-0.39, 0.29) is 11.6 Å². The number of anilines is 1. The second kappa shape index (κ2) is 6.51. The van der Waals surface area contributed by atoms with E-state index in [0.717, 1.165) is 62.2 Å². The third-order valence-corrected chi connectivity index (χ3v) is 5.04. The summed E-state index contributed by atoms with van der Waals surface area (Å²) in [6.07, 6.45) is 6.25. The molecule has 1 saturated carbocycles. The zero-order valence-corrected chi connectivity index (χ0v) is 14.4. The molecule has 1 aliphatic heterocycles. The molecule has 6 heteroatoms. The van der Waals surface area contributed by atoms with Crippen LogP contribution in [0.1, 0.15) is 62.8 Å². The number of carbonyl (C=O) groups excluding carboxylic acids is 1. The number of urea groups is 1. The summed E-state index contributed by atoms with van der Waals surface area (Å²) in [7, 11) is 1.71. The summed E-state index contributed by atoms with van der Waals surface area (Å²) in [5, 5.41) is 7.10. The van der Waals surface area contributed by atoms with Gasteiger partial charge in [-0.1, -0.05) is 18.5 Å². The van der Waals surface area contributed by atoms with E-state index < -0.39 is 0 Å². The van der Waals surface area contributed by atoms with Crippen molar-refractivity contribution in [2.75, 3.05) is 25.6 Å². The molecule has 1 unspecified atom stereocenters.